The highest BCUT2D eigenvalue weighted by Gasteiger charge is 2.40. The van der Waals surface area contributed by atoms with E-state index < -0.39 is 95.9 Å². The Balaban J connectivity index is 0. The molecule has 0 fully saturated rings. The van der Waals surface area contributed by atoms with Crippen LogP contribution in [0, 0.1) is 0 Å². The zero-order valence-electron chi connectivity index (χ0n) is 39.5. The molecule has 4 amide bonds. The van der Waals surface area contributed by atoms with Gasteiger partial charge in [-0.05, 0) is 62.1 Å². The SMILES string of the molecule is NC(N)=NCCC[C@H](N)C(=O)NCCNC(=O)c1ccc2c(c1)C(=O)c1cc(C(=O)NCCNC(=O)[C@@H](N)CCCN=C(N)N)ccc1C2=O.O=C(O)C(F)(F)F.O=C(O)C(F)(F)F.O=C(O)C(F)(F)F.O=C(O)C(F)(F)F. The van der Waals surface area contributed by atoms with E-state index in [0.717, 1.165) is 0 Å². The average Bonchev–Trinajstić information content (AvgIpc) is 3.32. The Bertz CT molecular complexity index is 2300. The lowest BCUT2D eigenvalue weighted by atomic mass is 9.82. The van der Waals surface area contributed by atoms with Crippen molar-refractivity contribution >= 4 is 71.0 Å². The highest BCUT2D eigenvalue weighted by Crippen LogP contribution is 2.29. The number of guanidine groups is 2. The summed E-state index contributed by atoms with van der Waals surface area (Å²) in [4.78, 5) is 120. The number of halogens is 12. The molecule has 0 bridgehead atoms. The molecule has 1 aliphatic rings. The summed E-state index contributed by atoms with van der Waals surface area (Å²) in [5.41, 5.74) is 33.3. The third kappa shape index (κ3) is 28.7. The molecule has 38 heteroatoms. The molecule has 2 aromatic carbocycles. The Morgan fingerprint density at radius 3 is 0.936 bits per heavy atom. The van der Waals surface area contributed by atoms with E-state index in [1.165, 1.54) is 36.4 Å². The van der Waals surface area contributed by atoms with Crippen LogP contribution in [0.2, 0.25) is 0 Å². The van der Waals surface area contributed by atoms with Gasteiger partial charge in [0.25, 0.3) is 11.8 Å². The van der Waals surface area contributed by atoms with Gasteiger partial charge >= 0.3 is 48.6 Å². The number of carboxylic acids is 4. The Morgan fingerprint density at radius 2 is 0.692 bits per heavy atom. The third-order valence-corrected chi connectivity index (χ3v) is 8.54. The van der Waals surface area contributed by atoms with E-state index in [1.54, 1.807) is 0 Å². The van der Waals surface area contributed by atoms with E-state index in [1.807, 2.05) is 0 Å². The van der Waals surface area contributed by atoms with Gasteiger partial charge in [0.2, 0.25) is 11.8 Å². The Labute approximate surface area is 429 Å². The minimum Gasteiger partial charge on any atom is -0.475 e. The minimum atomic E-state index is -5.08. The quantitative estimate of drug-likeness (QED) is 0.0329. The van der Waals surface area contributed by atoms with Gasteiger partial charge in [0.05, 0.1) is 12.1 Å². The number of ketones is 2. The largest absolute Gasteiger partial charge is 0.490 e. The van der Waals surface area contributed by atoms with E-state index >= 15 is 0 Å². The maximum absolute atomic E-state index is 13.5. The first kappa shape index (κ1) is 71.2. The number of aliphatic carboxylic acids is 4. The number of nitrogens with two attached hydrogens (primary N) is 6. The number of nitrogens with zero attached hydrogens (tertiary/aromatic N) is 2. The summed E-state index contributed by atoms with van der Waals surface area (Å²) in [5.74, 6) is -13.9. The van der Waals surface area contributed by atoms with Crippen molar-refractivity contribution in [3.8, 4) is 0 Å². The van der Waals surface area contributed by atoms with Gasteiger partial charge in [0.15, 0.2) is 23.5 Å². The number of hydrogen-bond donors (Lipinski definition) is 14. The number of carbonyl (C=O) groups is 10. The van der Waals surface area contributed by atoms with Crippen LogP contribution in [-0.4, -0.2) is 167 Å². The highest BCUT2D eigenvalue weighted by atomic mass is 19.4. The molecule has 0 radical (unpaired) electrons. The number of amides is 4. The predicted octanol–water partition coefficient (Wildman–Crippen LogP) is -0.551. The van der Waals surface area contributed by atoms with Crippen LogP contribution >= 0.6 is 0 Å². The fourth-order valence-corrected chi connectivity index (χ4v) is 4.92. The number of nitrogens with one attached hydrogen (secondary N) is 4. The lowest BCUT2D eigenvalue weighted by molar-refractivity contribution is -0.193. The molecule has 0 unspecified atom stereocenters. The first-order valence-electron chi connectivity index (χ1n) is 20.9. The van der Waals surface area contributed by atoms with Gasteiger partial charge in [-0.2, -0.15) is 52.7 Å². The zero-order chi connectivity index (χ0) is 61.1. The van der Waals surface area contributed by atoms with Gasteiger partial charge in [-0.25, -0.2) is 19.2 Å². The third-order valence-electron chi connectivity index (χ3n) is 8.54. The maximum Gasteiger partial charge on any atom is 0.490 e. The summed E-state index contributed by atoms with van der Waals surface area (Å²) in [5, 5.41) is 39.1. The molecular weight excluding hydrogens is 1100 g/mol. The molecule has 3 rings (SSSR count). The van der Waals surface area contributed by atoms with Crippen molar-refractivity contribution in [1.82, 2.24) is 21.3 Å². The lowest BCUT2D eigenvalue weighted by Gasteiger charge is -2.19. The molecule has 436 valence electrons. The first-order chi connectivity index (χ1) is 35.6. The van der Waals surface area contributed by atoms with Crippen molar-refractivity contribution in [2.45, 2.75) is 62.5 Å². The van der Waals surface area contributed by atoms with Gasteiger partial charge in [-0.1, -0.05) is 0 Å². The molecule has 0 aromatic heterocycles. The standard InChI is InChI=1S/C32H44N12O6.4C2HF3O2/c33-23(3-1-9-43-31(35)36)29(49)41-13-11-39-27(47)17-5-7-19-21(15-17)26(46)22-16-18(6-8-20(22)25(19)45)28(48)40-12-14-42-30(50)24(34)4-2-10-44-32(37)38;4*3-2(4,5)1(6)7/h5-8,15-16,23-24H,1-4,9-14,33-34H2,(H,39,47)(H,40,48)(H,41,49)(H,42,50)(H4,35,36,43)(H4,37,38,44);4*(H,6,7)/t23-,24-;;;;/m0..../s1. The van der Waals surface area contributed by atoms with Crippen LogP contribution < -0.4 is 55.7 Å². The van der Waals surface area contributed by atoms with Gasteiger partial charge in [0.1, 0.15) is 0 Å². The Morgan fingerprint density at radius 1 is 0.449 bits per heavy atom. The molecule has 2 aromatic rings. The topological polar surface area (TPSA) is 481 Å². The normalized spacial score (nSPS) is 12.2. The van der Waals surface area contributed by atoms with Crippen molar-refractivity contribution in [1.29, 1.82) is 0 Å². The van der Waals surface area contributed by atoms with Crippen LogP contribution in [0.5, 0.6) is 0 Å². The predicted molar refractivity (Wildman–Crippen MR) is 241 cm³/mol. The van der Waals surface area contributed by atoms with E-state index in [2.05, 4.69) is 31.3 Å². The number of alkyl halides is 12. The van der Waals surface area contributed by atoms with E-state index in [-0.39, 0.29) is 71.5 Å². The van der Waals surface area contributed by atoms with Crippen LogP contribution in [0.1, 0.15) is 78.2 Å². The first-order valence-corrected chi connectivity index (χ1v) is 20.9. The monoisotopic (exact) mass is 1150 g/mol. The van der Waals surface area contributed by atoms with Crippen molar-refractivity contribution in [2.75, 3.05) is 39.3 Å². The van der Waals surface area contributed by atoms with Crippen LogP contribution in [0.3, 0.4) is 0 Å². The molecule has 1 aliphatic carbocycles. The summed E-state index contributed by atoms with van der Waals surface area (Å²) < 4.78 is 127. The minimum absolute atomic E-state index is 0.0186. The molecule has 2 atom stereocenters. The summed E-state index contributed by atoms with van der Waals surface area (Å²) >= 11 is 0. The Hall–Kier alpha value is -8.84. The van der Waals surface area contributed by atoms with Crippen molar-refractivity contribution < 1.29 is 121 Å². The molecule has 20 N–H and O–H groups in total. The summed E-state index contributed by atoms with van der Waals surface area (Å²) in [6, 6.07) is 6.76. The van der Waals surface area contributed by atoms with Gasteiger partial charge in [0, 0.05) is 72.6 Å². The van der Waals surface area contributed by atoms with Crippen LogP contribution in [0.15, 0.2) is 46.4 Å². The van der Waals surface area contributed by atoms with E-state index in [9.17, 15) is 81.5 Å². The number of benzene rings is 2. The van der Waals surface area contributed by atoms with Crippen LogP contribution in [0.25, 0.3) is 0 Å². The van der Waals surface area contributed by atoms with Crippen molar-refractivity contribution in [3.63, 3.8) is 0 Å². The van der Waals surface area contributed by atoms with Gasteiger partial charge < -0.3 is 76.1 Å². The van der Waals surface area contributed by atoms with Crippen molar-refractivity contribution in [2.24, 2.45) is 44.4 Å². The number of carboxylic acid groups (broad SMARTS) is 4. The van der Waals surface area contributed by atoms with Gasteiger partial charge in [-0.15, -0.1) is 0 Å². The van der Waals surface area contributed by atoms with E-state index in [4.69, 9.17) is 74.0 Å². The average molecular weight is 1150 g/mol. The van der Waals surface area contributed by atoms with Crippen molar-refractivity contribution in [3.05, 3.63) is 69.8 Å². The molecular formula is C40H48F12N12O14. The number of aliphatic imine (C=N–C) groups is 2. The lowest BCUT2D eigenvalue weighted by Crippen LogP contribution is -2.43. The molecule has 78 heavy (non-hydrogen) atoms. The van der Waals surface area contributed by atoms with Crippen LogP contribution in [-0.2, 0) is 28.8 Å². The number of hydrogen-bond acceptors (Lipinski definition) is 14. The van der Waals surface area contributed by atoms with Crippen LogP contribution in [0.4, 0.5) is 52.7 Å². The second kappa shape index (κ2) is 32.6. The second-order valence-electron chi connectivity index (χ2n) is 14.6. The fourth-order valence-electron chi connectivity index (χ4n) is 4.92. The zero-order valence-corrected chi connectivity index (χ0v) is 39.5. The molecule has 0 saturated carbocycles. The maximum atomic E-state index is 13.5. The number of fused-ring (bicyclic) bond motifs is 2. The summed E-state index contributed by atoms with van der Waals surface area (Å²) in [7, 11) is 0. The highest BCUT2D eigenvalue weighted by molar-refractivity contribution is 6.29. The number of carbonyl (C=O) groups excluding carboxylic acids is 6. The van der Waals surface area contributed by atoms with E-state index in [0.29, 0.717) is 38.8 Å². The second-order valence-corrected chi connectivity index (χ2v) is 14.6. The summed E-state index contributed by atoms with van der Waals surface area (Å²) in [6.07, 6.45) is -18.6. The Kier molecular flexibility index (Phi) is 29.7. The molecule has 26 nitrogen and oxygen atoms in total. The summed E-state index contributed by atoms with van der Waals surface area (Å²) in [6.45, 7) is 1.06. The molecule has 0 spiro atoms. The number of rotatable bonds is 18. The molecule has 0 heterocycles. The molecule has 0 aliphatic heterocycles. The smallest absolute Gasteiger partial charge is 0.475 e. The fraction of sp³-hybridized carbons (Fsp3) is 0.400. The van der Waals surface area contributed by atoms with Gasteiger partial charge in [-0.3, -0.25) is 38.8 Å². The molecule has 0 saturated heterocycles.